The van der Waals surface area contributed by atoms with Gasteiger partial charge >= 0.3 is 0 Å². The fraction of sp³-hybridized carbons (Fsp3) is 0.615. The van der Waals surface area contributed by atoms with Crippen molar-refractivity contribution in [3.05, 3.63) is 53.8 Å². The van der Waals surface area contributed by atoms with Crippen molar-refractivity contribution < 1.29 is 9.47 Å². The van der Waals surface area contributed by atoms with Crippen LogP contribution in [0.4, 0.5) is 5.69 Å². The molecule has 2 saturated heterocycles. The number of hydrogen-bond acceptors (Lipinski definition) is 6. The van der Waals surface area contributed by atoms with Crippen molar-refractivity contribution in [3.8, 4) is 0 Å². The molecule has 3 N–H and O–H groups in total. The number of ether oxygens (including phenoxy) is 2. The number of nitrogens with two attached hydrogens (primary N) is 1. The van der Waals surface area contributed by atoms with Gasteiger partial charge < -0.3 is 25.4 Å². The molecule has 1 saturated carbocycles. The quantitative estimate of drug-likeness (QED) is 0.649. The van der Waals surface area contributed by atoms with Gasteiger partial charge in [0.05, 0.1) is 12.7 Å². The first-order valence-corrected chi connectivity index (χ1v) is 12.5. The summed E-state index contributed by atoms with van der Waals surface area (Å²) < 4.78 is 13.0. The number of fused-ring (bicyclic) bond motifs is 1. The molecule has 0 aromatic heterocycles. The number of allylic oxidation sites excluding steroid dienone is 1. The lowest BCUT2D eigenvalue weighted by atomic mass is 9.88. The van der Waals surface area contributed by atoms with E-state index in [9.17, 15) is 0 Å². The first-order valence-electron chi connectivity index (χ1n) is 12.5. The SMILES string of the molecule is NCCN(CCNc1ccccc1)C1=CCC2OC3(CCN(C4CCC4)CC3)OCC2=C1. The molecule has 6 heteroatoms. The second kappa shape index (κ2) is 9.96. The van der Waals surface area contributed by atoms with E-state index in [-0.39, 0.29) is 11.9 Å². The number of benzene rings is 1. The molecular weight excluding hydrogens is 400 g/mol. The minimum absolute atomic E-state index is 0.157. The van der Waals surface area contributed by atoms with Crippen LogP contribution < -0.4 is 11.1 Å². The molecule has 1 aromatic rings. The summed E-state index contributed by atoms with van der Waals surface area (Å²) in [5.41, 5.74) is 9.60. The number of hydrogen-bond donors (Lipinski definition) is 2. The van der Waals surface area contributed by atoms with Gasteiger partial charge in [0.1, 0.15) is 0 Å². The van der Waals surface area contributed by atoms with Gasteiger partial charge in [0.25, 0.3) is 0 Å². The highest BCUT2D eigenvalue weighted by Crippen LogP contribution is 2.40. The lowest BCUT2D eigenvalue weighted by Gasteiger charge is -2.50. The van der Waals surface area contributed by atoms with Crippen LogP contribution in [0.25, 0.3) is 0 Å². The summed E-state index contributed by atoms with van der Waals surface area (Å²) >= 11 is 0. The van der Waals surface area contributed by atoms with E-state index in [1.165, 1.54) is 30.5 Å². The van der Waals surface area contributed by atoms with E-state index in [4.69, 9.17) is 15.2 Å². The number of rotatable bonds is 8. The van der Waals surface area contributed by atoms with Gasteiger partial charge in [-0.2, -0.15) is 0 Å². The zero-order valence-corrected chi connectivity index (χ0v) is 19.2. The summed E-state index contributed by atoms with van der Waals surface area (Å²) in [4.78, 5) is 5.03. The summed E-state index contributed by atoms with van der Waals surface area (Å²) in [7, 11) is 0. The van der Waals surface area contributed by atoms with Gasteiger partial charge in [-0.3, -0.25) is 4.90 Å². The van der Waals surface area contributed by atoms with Crippen molar-refractivity contribution in [2.45, 2.75) is 56.5 Å². The molecule has 1 atom stereocenters. The van der Waals surface area contributed by atoms with Gasteiger partial charge in [-0.05, 0) is 43.0 Å². The molecule has 1 aromatic carbocycles. The average Bonchev–Trinajstić information content (AvgIpc) is 2.79. The van der Waals surface area contributed by atoms with Gasteiger partial charge in [0, 0.05) is 69.5 Å². The van der Waals surface area contributed by atoms with Crippen molar-refractivity contribution >= 4 is 5.69 Å². The Morgan fingerprint density at radius 3 is 2.66 bits per heavy atom. The molecule has 0 bridgehead atoms. The third-order valence-electron chi connectivity index (χ3n) is 7.55. The Morgan fingerprint density at radius 1 is 1.12 bits per heavy atom. The molecule has 4 aliphatic rings. The van der Waals surface area contributed by atoms with Crippen molar-refractivity contribution in [2.75, 3.05) is 51.2 Å². The van der Waals surface area contributed by atoms with Crippen LogP contribution in [0.5, 0.6) is 0 Å². The third kappa shape index (κ3) is 4.88. The van der Waals surface area contributed by atoms with Crippen molar-refractivity contribution in [1.29, 1.82) is 0 Å². The van der Waals surface area contributed by atoms with Crippen LogP contribution >= 0.6 is 0 Å². The Balaban J connectivity index is 1.15. The Labute approximate surface area is 192 Å². The Hall–Kier alpha value is -1.86. The molecule has 32 heavy (non-hydrogen) atoms. The maximum atomic E-state index is 6.61. The topological polar surface area (TPSA) is 63.0 Å². The predicted molar refractivity (Wildman–Crippen MR) is 128 cm³/mol. The second-order valence-electron chi connectivity index (χ2n) is 9.58. The fourth-order valence-corrected chi connectivity index (χ4v) is 5.37. The molecule has 0 radical (unpaired) electrons. The first-order chi connectivity index (χ1) is 15.7. The molecule has 2 aliphatic carbocycles. The van der Waals surface area contributed by atoms with Crippen LogP contribution in [0.3, 0.4) is 0 Å². The highest BCUT2D eigenvalue weighted by Gasteiger charge is 2.44. The van der Waals surface area contributed by atoms with Gasteiger partial charge in [-0.25, -0.2) is 0 Å². The number of nitrogens with zero attached hydrogens (tertiary/aromatic N) is 2. The fourth-order valence-electron chi connectivity index (χ4n) is 5.37. The molecular formula is C26H38N4O2. The molecule has 1 spiro atoms. The minimum atomic E-state index is -0.371. The van der Waals surface area contributed by atoms with E-state index in [2.05, 4.69) is 51.5 Å². The Kier molecular flexibility index (Phi) is 6.83. The molecule has 2 heterocycles. The van der Waals surface area contributed by atoms with Gasteiger partial charge in [-0.15, -0.1) is 0 Å². The smallest absolute Gasteiger partial charge is 0.171 e. The zero-order chi connectivity index (χ0) is 21.8. The molecule has 2 aliphatic heterocycles. The van der Waals surface area contributed by atoms with Crippen molar-refractivity contribution in [3.63, 3.8) is 0 Å². The highest BCUT2D eigenvalue weighted by atomic mass is 16.7. The third-order valence-corrected chi connectivity index (χ3v) is 7.55. The lowest BCUT2D eigenvalue weighted by Crippen LogP contribution is -2.55. The van der Waals surface area contributed by atoms with E-state index >= 15 is 0 Å². The summed E-state index contributed by atoms with van der Waals surface area (Å²) in [6, 6.07) is 11.2. The zero-order valence-electron chi connectivity index (χ0n) is 19.2. The van der Waals surface area contributed by atoms with Crippen LogP contribution in [-0.2, 0) is 9.47 Å². The highest BCUT2D eigenvalue weighted by molar-refractivity contribution is 5.42. The summed E-state index contributed by atoms with van der Waals surface area (Å²) in [5.74, 6) is -0.371. The minimum Gasteiger partial charge on any atom is -0.383 e. The van der Waals surface area contributed by atoms with E-state index in [0.29, 0.717) is 13.2 Å². The summed E-state index contributed by atoms with van der Waals surface area (Å²) in [6.07, 6.45) is 11.8. The summed E-state index contributed by atoms with van der Waals surface area (Å²) in [5, 5.41) is 3.50. The molecule has 3 fully saturated rings. The predicted octanol–water partition coefficient (Wildman–Crippen LogP) is 3.33. The lowest BCUT2D eigenvalue weighted by molar-refractivity contribution is -0.291. The molecule has 1 unspecified atom stereocenters. The second-order valence-corrected chi connectivity index (χ2v) is 9.58. The normalized spacial score (nSPS) is 25.5. The van der Waals surface area contributed by atoms with Gasteiger partial charge in [-0.1, -0.05) is 30.7 Å². The number of para-hydroxylation sites is 1. The number of piperidine rings is 1. The van der Waals surface area contributed by atoms with Crippen LogP contribution in [0.2, 0.25) is 0 Å². The van der Waals surface area contributed by atoms with Crippen LogP contribution in [0, 0.1) is 0 Å². The molecule has 6 nitrogen and oxygen atoms in total. The Bertz CT molecular complexity index is 812. The number of nitrogens with one attached hydrogen (secondary N) is 1. The van der Waals surface area contributed by atoms with Crippen LogP contribution in [0.1, 0.15) is 38.5 Å². The Morgan fingerprint density at radius 2 is 1.94 bits per heavy atom. The average molecular weight is 439 g/mol. The van der Waals surface area contributed by atoms with E-state index < -0.39 is 0 Å². The molecule has 5 rings (SSSR count). The van der Waals surface area contributed by atoms with Crippen LogP contribution in [0.15, 0.2) is 53.8 Å². The standard InChI is InChI=1S/C26H38N4O2/c27-13-17-30(18-14-28-22-5-2-1-3-6-22)24-9-10-25-21(19-24)20-31-26(32-25)11-15-29(16-12-26)23-7-4-8-23/h1-3,5-6,9,19,23,25,28H,4,7-8,10-18,20,27H2. The van der Waals surface area contributed by atoms with Crippen LogP contribution in [-0.4, -0.2) is 73.6 Å². The van der Waals surface area contributed by atoms with E-state index in [0.717, 1.165) is 63.7 Å². The molecule has 174 valence electrons. The van der Waals surface area contributed by atoms with Crippen molar-refractivity contribution in [1.82, 2.24) is 9.80 Å². The number of likely N-dealkylation sites (tertiary alicyclic amines) is 1. The first kappa shape index (κ1) is 22.0. The van der Waals surface area contributed by atoms with Crippen molar-refractivity contribution in [2.24, 2.45) is 5.73 Å². The van der Waals surface area contributed by atoms with E-state index in [1.54, 1.807) is 0 Å². The monoisotopic (exact) mass is 438 g/mol. The number of anilines is 1. The van der Waals surface area contributed by atoms with Gasteiger partial charge in [0.15, 0.2) is 5.79 Å². The largest absolute Gasteiger partial charge is 0.383 e. The maximum Gasteiger partial charge on any atom is 0.171 e. The van der Waals surface area contributed by atoms with Gasteiger partial charge in [0.2, 0.25) is 0 Å². The maximum absolute atomic E-state index is 6.61. The summed E-state index contributed by atoms with van der Waals surface area (Å²) in [6.45, 7) is 6.18. The molecule has 0 amide bonds. The van der Waals surface area contributed by atoms with E-state index in [1.807, 2.05) is 6.07 Å².